The van der Waals surface area contributed by atoms with Crippen LogP contribution in [0.15, 0.2) is 163 Å². The largest absolute Gasteiger partial charge is 0.489 e. The average Bonchev–Trinajstić information content (AvgIpc) is 3.57. The molecule has 2 aliphatic rings. The highest BCUT2D eigenvalue weighted by Crippen LogP contribution is 2.45. The first-order chi connectivity index (χ1) is 24.3. The highest BCUT2D eigenvalue weighted by Gasteiger charge is 2.42. The molecule has 3 nitrogen and oxygen atoms in total. The number of rotatable bonds is 4. The second-order valence-corrected chi connectivity index (χ2v) is 13.0. The van der Waals surface area contributed by atoms with Crippen LogP contribution in [-0.4, -0.2) is 19.3 Å². The molecule has 1 fully saturated rings. The topological polar surface area (TPSA) is 27.7 Å². The standard InChI is InChI=1S/C46H32O3/c1-3-7-39-31(5-1)13-19-37-27-35(21-23-41(37)39)29-9-15-33(16-10-29)43-45-46(48-26-25-47-45)44(49-43)34-17-11-30(12-18-34)36-22-24-42-38(28-36)20-14-32-6-2-4-8-40(32)42/h1-24,27-28,43,45H,25-26H2. The van der Waals surface area contributed by atoms with Gasteiger partial charge >= 0.3 is 0 Å². The molecule has 0 N–H and O–H groups in total. The first-order valence-electron chi connectivity index (χ1n) is 17.0. The fourth-order valence-corrected chi connectivity index (χ4v) is 7.67. The molecule has 8 aromatic rings. The van der Waals surface area contributed by atoms with Crippen LogP contribution in [0.2, 0.25) is 0 Å². The Morgan fingerprint density at radius 2 is 0.878 bits per heavy atom. The van der Waals surface area contributed by atoms with Gasteiger partial charge in [-0.1, -0.05) is 146 Å². The molecule has 0 spiro atoms. The monoisotopic (exact) mass is 632 g/mol. The van der Waals surface area contributed by atoms with Crippen molar-refractivity contribution < 1.29 is 14.2 Å². The van der Waals surface area contributed by atoms with Crippen molar-refractivity contribution in [2.24, 2.45) is 0 Å². The van der Waals surface area contributed by atoms with Gasteiger partial charge in [-0.25, -0.2) is 0 Å². The Hall–Kier alpha value is -5.90. The van der Waals surface area contributed by atoms with Gasteiger partial charge in [0.15, 0.2) is 23.7 Å². The first-order valence-corrected chi connectivity index (χ1v) is 17.0. The molecule has 2 heterocycles. The molecule has 0 amide bonds. The fraction of sp³-hybridized carbons (Fsp3) is 0.0870. The van der Waals surface area contributed by atoms with E-state index < -0.39 is 0 Å². The predicted molar refractivity (Wildman–Crippen MR) is 200 cm³/mol. The molecule has 0 bridgehead atoms. The predicted octanol–water partition coefficient (Wildman–Crippen LogP) is 11.5. The number of fused-ring (bicyclic) bond motifs is 7. The summed E-state index contributed by atoms with van der Waals surface area (Å²) in [5.41, 5.74) is 6.77. The van der Waals surface area contributed by atoms with E-state index in [2.05, 4.69) is 158 Å². The van der Waals surface area contributed by atoms with Gasteiger partial charge in [-0.3, -0.25) is 0 Å². The summed E-state index contributed by atoms with van der Waals surface area (Å²) in [7, 11) is 0. The third kappa shape index (κ3) is 4.77. The maximum absolute atomic E-state index is 6.70. The van der Waals surface area contributed by atoms with Crippen molar-refractivity contribution in [2.75, 3.05) is 13.2 Å². The van der Waals surface area contributed by atoms with Crippen LogP contribution in [-0.2, 0) is 14.2 Å². The van der Waals surface area contributed by atoms with Crippen LogP contribution in [0.5, 0.6) is 0 Å². The molecule has 2 atom stereocenters. The summed E-state index contributed by atoms with van der Waals surface area (Å²) < 4.78 is 19.2. The Bertz CT molecular complexity index is 2580. The van der Waals surface area contributed by atoms with E-state index in [0.717, 1.165) is 28.2 Å². The van der Waals surface area contributed by atoms with E-state index in [-0.39, 0.29) is 12.2 Å². The number of benzene rings is 8. The van der Waals surface area contributed by atoms with Gasteiger partial charge in [0.05, 0.1) is 6.61 Å². The lowest BCUT2D eigenvalue weighted by molar-refractivity contribution is -0.0698. The van der Waals surface area contributed by atoms with Gasteiger partial charge < -0.3 is 14.2 Å². The Morgan fingerprint density at radius 1 is 0.388 bits per heavy atom. The average molecular weight is 633 g/mol. The van der Waals surface area contributed by atoms with Gasteiger partial charge in [0.1, 0.15) is 6.61 Å². The summed E-state index contributed by atoms with van der Waals surface area (Å²) in [5.74, 6) is 1.55. The quantitative estimate of drug-likeness (QED) is 0.181. The van der Waals surface area contributed by atoms with E-state index >= 15 is 0 Å². The Balaban J connectivity index is 0.921. The van der Waals surface area contributed by atoms with Crippen molar-refractivity contribution >= 4 is 48.8 Å². The number of ether oxygens (including phenoxy) is 3. The number of hydrogen-bond acceptors (Lipinski definition) is 3. The Labute approximate surface area is 284 Å². The molecule has 234 valence electrons. The van der Waals surface area contributed by atoms with E-state index in [1.54, 1.807) is 0 Å². The molecule has 0 aromatic heterocycles. The third-order valence-corrected chi connectivity index (χ3v) is 10.2. The van der Waals surface area contributed by atoms with Crippen molar-refractivity contribution in [2.45, 2.75) is 12.2 Å². The Kier molecular flexibility index (Phi) is 6.53. The van der Waals surface area contributed by atoms with Crippen molar-refractivity contribution in [1.29, 1.82) is 0 Å². The van der Waals surface area contributed by atoms with Crippen molar-refractivity contribution in [3.8, 4) is 22.3 Å². The van der Waals surface area contributed by atoms with E-state index in [0.29, 0.717) is 13.2 Å². The van der Waals surface area contributed by atoms with Gasteiger partial charge in [0.2, 0.25) is 0 Å². The minimum Gasteiger partial charge on any atom is -0.489 e. The summed E-state index contributed by atoms with van der Waals surface area (Å²) in [6, 6.07) is 56.7. The second kappa shape index (κ2) is 11.4. The van der Waals surface area contributed by atoms with E-state index in [1.165, 1.54) is 59.8 Å². The highest BCUT2D eigenvalue weighted by atomic mass is 16.6. The van der Waals surface area contributed by atoms with Gasteiger partial charge in [0, 0.05) is 5.56 Å². The summed E-state index contributed by atoms with van der Waals surface area (Å²) in [6.45, 7) is 1.06. The van der Waals surface area contributed by atoms with E-state index in [9.17, 15) is 0 Å². The molecule has 8 aromatic carbocycles. The van der Waals surface area contributed by atoms with Crippen LogP contribution >= 0.6 is 0 Å². The van der Waals surface area contributed by atoms with E-state index in [1.807, 2.05) is 0 Å². The molecular formula is C46H32O3. The molecule has 0 aliphatic carbocycles. The molecule has 2 aliphatic heterocycles. The smallest absolute Gasteiger partial charge is 0.171 e. The SMILES string of the molecule is c1ccc2c(c1)ccc1cc(-c3ccc(C4=C5OCCOC5C(c5ccc(-c6ccc7c(ccc8ccccc87)c6)cc5)O4)cc3)ccc12. The number of hydrogen-bond donors (Lipinski definition) is 0. The van der Waals surface area contributed by atoms with Gasteiger partial charge in [-0.15, -0.1) is 0 Å². The maximum atomic E-state index is 6.70. The van der Waals surface area contributed by atoms with Crippen molar-refractivity contribution in [3.05, 3.63) is 175 Å². The zero-order valence-electron chi connectivity index (χ0n) is 26.8. The van der Waals surface area contributed by atoms with Gasteiger partial charge in [-0.2, -0.15) is 0 Å². The minimum absolute atomic E-state index is 0.279. The van der Waals surface area contributed by atoms with Crippen LogP contribution in [0.25, 0.3) is 71.1 Å². The zero-order chi connectivity index (χ0) is 32.3. The molecule has 1 saturated heterocycles. The molecule has 3 heteroatoms. The molecular weight excluding hydrogens is 601 g/mol. The fourth-order valence-electron chi connectivity index (χ4n) is 7.67. The third-order valence-electron chi connectivity index (χ3n) is 10.2. The first kappa shape index (κ1) is 28.1. The summed E-state index contributed by atoms with van der Waals surface area (Å²) in [6.07, 6.45) is -0.559. The molecule has 49 heavy (non-hydrogen) atoms. The van der Waals surface area contributed by atoms with Crippen LogP contribution in [0, 0.1) is 0 Å². The molecule has 2 unspecified atom stereocenters. The summed E-state index contributed by atoms with van der Waals surface area (Å²) in [5, 5.41) is 10.1. The zero-order valence-corrected chi connectivity index (χ0v) is 26.8. The lowest BCUT2D eigenvalue weighted by Gasteiger charge is -2.25. The van der Waals surface area contributed by atoms with Crippen molar-refractivity contribution in [1.82, 2.24) is 0 Å². The molecule has 10 rings (SSSR count). The summed E-state index contributed by atoms with van der Waals surface area (Å²) in [4.78, 5) is 0. The van der Waals surface area contributed by atoms with Crippen LogP contribution in [0.3, 0.4) is 0 Å². The van der Waals surface area contributed by atoms with Gasteiger partial charge in [0.25, 0.3) is 0 Å². The molecule has 0 saturated carbocycles. The normalized spacial score (nSPS) is 17.4. The van der Waals surface area contributed by atoms with Crippen molar-refractivity contribution in [3.63, 3.8) is 0 Å². The van der Waals surface area contributed by atoms with Gasteiger partial charge in [-0.05, 0) is 83.0 Å². The maximum Gasteiger partial charge on any atom is 0.171 e. The second-order valence-electron chi connectivity index (χ2n) is 13.0. The van der Waals surface area contributed by atoms with E-state index in [4.69, 9.17) is 14.2 Å². The lowest BCUT2D eigenvalue weighted by atomic mass is 9.96. The van der Waals surface area contributed by atoms with Crippen LogP contribution in [0.1, 0.15) is 17.2 Å². The Morgan fingerprint density at radius 3 is 1.49 bits per heavy atom. The van der Waals surface area contributed by atoms with Crippen LogP contribution in [0.4, 0.5) is 0 Å². The molecule has 0 radical (unpaired) electrons. The summed E-state index contributed by atoms with van der Waals surface area (Å²) >= 11 is 0. The van der Waals surface area contributed by atoms with Crippen LogP contribution < -0.4 is 0 Å². The minimum atomic E-state index is -0.280. The highest BCUT2D eigenvalue weighted by molar-refractivity contribution is 6.09. The lowest BCUT2D eigenvalue weighted by Crippen LogP contribution is -2.29.